The Kier molecular flexibility index (Phi) is 6.50. The van der Waals surface area contributed by atoms with Gasteiger partial charge in [-0.2, -0.15) is 0 Å². The molecule has 3 rings (SSSR count). The van der Waals surface area contributed by atoms with Crippen molar-refractivity contribution >= 4 is 40.2 Å². The van der Waals surface area contributed by atoms with E-state index >= 15 is 0 Å². The van der Waals surface area contributed by atoms with Gasteiger partial charge in [-0.15, -0.1) is 0 Å². The van der Waals surface area contributed by atoms with Crippen LogP contribution in [0.5, 0.6) is 11.5 Å². The average molecular weight is 413 g/mol. The average Bonchev–Trinajstić information content (AvgIpc) is 2.73. The van der Waals surface area contributed by atoms with Gasteiger partial charge in [0, 0.05) is 29.6 Å². The van der Waals surface area contributed by atoms with Crippen molar-refractivity contribution in [2.24, 2.45) is 4.99 Å². The van der Waals surface area contributed by atoms with E-state index in [0.29, 0.717) is 11.1 Å². The molecule has 0 saturated heterocycles. The first-order chi connectivity index (χ1) is 14.0. The standard InChI is InChI=1S/C20H19N3O5S/c1-28-18-12-13(11-16(19(18)25)23(26)27)3-8-17(24)14-4-6-15(7-5-14)22-20-21-9-2-10-29-20/h3-8,11-12,25H,2,9-10H2,1H3,(H,21,22)/b8-3+. The Labute approximate surface area is 171 Å². The van der Waals surface area contributed by atoms with E-state index in [1.54, 1.807) is 36.0 Å². The number of allylic oxidation sites excluding steroid dienone is 1. The number of methoxy groups -OCH3 is 1. The number of aromatic hydroxyl groups is 1. The molecular weight excluding hydrogens is 394 g/mol. The largest absolute Gasteiger partial charge is 0.500 e. The minimum atomic E-state index is -0.711. The molecule has 0 fully saturated rings. The van der Waals surface area contributed by atoms with E-state index in [-0.39, 0.29) is 11.5 Å². The van der Waals surface area contributed by atoms with Gasteiger partial charge in [-0.1, -0.05) is 17.8 Å². The van der Waals surface area contributed by atoms with Crippen LogP contribution in [0, 0.1) is 10.1 Å². The number of nitro groups is 1. The summed E-state index contributed by atoms with van der Waals surface area (Å²) in [6.07, 6.45) is 3.83. The zero-order valence-corrected chi connectivity index (χ0v) is 16.4. The minimum Gasteiger partial charge on any atom is -0.500 e. The first-order valence-electron chi connectivity index (χ1n) is 8.80. The van der Waals surface area contributed by atoms with Crippen molar-refractivity contribution in [1.82, 2.24) is 0 Å². The lowest BCUT2D eigenvalue weighted by Gasteiger charge is -2.13. The van der Waals surface area contributed by atoms with Crippen molar-refractivity contribution in [2.45, 2.75) is 6.42 Å². The van der Waals surface area contributed by atoms with Crippen LogP contribution < -0.4 is 10.1 Å². The molecule has 8 nitrogen and oxygen atoms in total. The summed E-state index contributed by atoms with van der Waals surface area (Å²) < 4.78 is 4.95. The molecule has 2 N–H and O–H groups in total. The van der Waals surface area contributed by atoms with E-state index in [1.165, 1.54) is 31.4 Å². The number of rotatable bonds is 6. The van der Waals surface area contributed by atoms with E-state index in [2.05, 4.69) is 10.3 Å². The summed E-state index contributed by atoms with van der Waals surface area (Å²) in [5.74, 6) is 0.193. The Morgan fingerprint density at radius 3 is 2.72 bits per heavy atom. The minimum absolute atomic E-state index is 0.0368. The third kappa shape index (κ3) is 5.14. The fraction of sp³-hybridized carbons (Fsp3) is 0.200. The molecule has 2 aromatic carbocycles. The first-order valence-corrected chi connectivity index (χ1v) is 9.78. The molecule has 0 amide bonds. The van der Waals surface area contributed by atoms with E-state index < -0.39 is 16.4 Å². The number of phenolic OH excluding ortho intramolecular Hbond substituents is 1. The number of hydrogen-bond donors (Lipinski definition) is 2. The van der Waals surface area contributed by atoms with Crippen LogP contribution in [0.1, 0.15) is 22.3 Å². The number of thioether (sulfide) groups is 1. The number of carbonyl (C=O) groups is 1. The number of ether oxygens (including phenoxy) is 1. The quantitative estimate of drug-likeness (QED) is 0.317. The van der Waals surface area contributed by atoms with Crippen molar-refractivity contribution in [2.75, 3.05) is 24.7 Å². The highest BCUT2D eigenvalue weighted by Gasteiger charge is 2.19. The molecule has 2 aromatic rings. The molecule has 1 aliphatic heterocycles. The van der Waals surface area contributed by atoms with Crippen LogP contribution in [-0.2, 0) is 0 Å². The molecule has 0 spiro atoms. The van der Waals surface area contributed by atoms with Gasteiger partial charge in [0.15, 0.2) is 16.7 Å². The summed E-state index contributed by atoms with van der Waals surface area (Å²) in [4.78, 5) is 27.2. The van der Waals surface area contributed by atoms with Crippen LogP contribution in [0.4, 0.5) is 11.4 Å². The van der Waals surface area contributed by atoms with E-state index in [0.717, 1.165) is 29.6 Å². The predicted octanol–water partition coefficient (Wildman–Crippen LogP) is 4.11. The smallest absolute Gasteiger partial charge is 0.315 e. The van der Waals surface area contributed by atoms with Gasteiger partial charge in [0.2, 0.25) is 5.75 Å². The van der Waals surface area contributed by atoms with E-state index in [4.69, 9.17) is 4.74 Å². The number of nitrogens with zero attached hydrogens (tertiary/aromatic N) is 2. The van der Waals surface area contributed by atoms with E-state index in [9.17, 15) is 20.0 Å². The maximum Gasteiger partial charge on any atom is 0.315 e. The van der Waals surface area contributed by atoms with Crippen LogP contribution in [0.3, 0.4) is 0 Å². The van der Waals surface area contributed by atoms with Gasteiger partial charge in [-0.25, -0.2) is 0 Å². The molecule has 150 valence electrons. The second kappa shape index (κ2) is 9.24. The van der Waals surface area contributed by atoms with Gasteiger partial charge in [0.05, 0.1) is 12.0 Å². The Balaban J connectivity index is 1.72. The van der Waals surface area contributed by atoms with Gasteiger partial charge in [0.25, 0.3) is 0 Å². The number of phenols is 1. The number of anilines is 1. The Morgan fingerprint density at radius 2 is 2.10 bits per heavy atom. The highest BCUT2D eigenvalue weighted by Crippen LogP contribution is 2.37. The third-order valence-electron chi connectivity index (χ3n) is 4.14. The third-order valence-corrected chi connectivity index (χ3v) is 5.14. The second-order valence-electron chi connectivity index (χ2n) is 6.14. The summed E-state index contributed by atoms with van der Waals surface area (Å²) >= 11 is 1.67. The van der Waals surface area contributed by atoms with Crippen molar-refractivity contribution in [3.63, 3.8) is 0 Å². The lowest BCUT2D eigenvalue weighted by molar-refractivity contribution is -0.386. The highest BCUT2D eigenvalue weighted by molar-refractivity contribution is 8.14. The topological polar surface area (TPSA) is 114 Å². The van der Waals surface area contributed by atoms with Crippen molar-refractivity contribution in [3.8, 4) is 11.5 Å². The van der Waals surface area contributed by atoms with Crippen molar-refractivity contribution in [1.29, 1.82) is 0 Å². The van der Waals surface area contributed by atoms with Crippen molar-refractivity contribution in [3.05, 3.63) is 63.7 Å². The lowest BCUT2D eigenvalue weighted by Crippen LogP contribution is -2.13. The number of aliphatic imine (C=N–C) groups is 1. The van der Waals surface area contributed by atoms with Crippen LogP contribution in [0.15, 0.2) is 47.5 Å². The number of nitro benzene ring substituents is 1. The number of ketones is 1. The van der Waals surface area contributed by atoms with Crippen LogP contribution >= 0.6 is 11.8 Å². The molecule has 0 aliphatic carbocycles. The molecule has 0 aromatic heterocycles. The lowest BCUT2D eigenvalue weighted by atomic mass is 10.1. The summed E-state index contributed by atoms with van der Waals surface area (Å²) in [6.45, 7) is 0.816. The summed E-state index contributed by atoms with van der Waals surface area (Å²) in [5.41, 5.74) is 1.20. The highest BCUT2D eigenvalue weighted by atomic mass is 32.2. The Morgan fingerprint density at radius 1 is 1.34 bits per heavy atom. The number of amidine groups is 1. The summed E-state index contributed by atoms with van der Waals surface area (Å²) in [6, 6.07) is 9.59. The first kappa shape index (κ1) is 20.4. The van der Waals surface area contributed by atoms with Gasteiger partial charge >= 0.3 is 5.69 Å². The normalized spacial score (nSPS) is 13.8. The van der Waals surface area contributed by atoms with Crippen LogP contribution in [-0.4, -0.2) is 40.4 Å². The monoisotopic (exact) mass is 413 g/mol. The molecule has 1 aliphatic rings. The zero-order chi connectivity index (χ0) is 20.8. The number of benzene rings is 2. The molecular formula is C20H19N3O5S. The molecule has 0 atom stereocenters. The SMILES string of the molecule is COc1cc(/C=C/C(=O)c2ccc(NC3=NCCCS3)cc2)cc([N+](=O)[O-])c1O. The molecule has 1 heterocycles. The van der Waals surface area contributed by atoms with Crippen LogP contribution in [0.2, 0.25) is 0 Å². The van der Waals surface area contributed by atoms with Gasteiger partial charge in [-0.3, -0.25) is 19.9 Å². The summed E-state index contributed by atoms with van der Waals surface area (Å²) in [7, 11) is 1.30. The number of carbonyl (C=O) groups excluding carboxylic acids is 1. The summed E-state index contributed by atoms with van der Waals surface area (Å²) in [5, 5.41) is 25.0. The van der Waals surface area contributed by atoms with Gasteiger partial charge in [0.1, 0.15) is 0 Å². The molecule has 0 unspecified atom stereocenters. The van der Waals surface area contributed by atoms with Gasteiger partial charge < -0.3 is 15.2 Å². The van der Waals surface area contributed by atoms with Crippen molar-refractivity contribution < 1.29 is 19.6 Å². The fourth-order valence-electron chi connectivity index (χ4n) is 2.65. The molecule has 29 heavy (non-hydrogen) atoms. The number of hydrogen-bond acceptors (Lipinski definition) is 8. The van der Waals surface area contributed by atoms with Crippen LogP contribution in [0.25, 0.3) is 6.08 Å². The fourth-order valence-corrected chi connectivity index (χ4v) is 3.49. The molecule has 0 bridgehead atoms. The molecule has 9 heteroatoms. The maximum absolute atomic E-state index is 12.4. The maximum atomic E-state index is 12.4. The number of nitrogens with one attached hydrogen (secondary N) is 1. The zero-order valence-electron chi connectivity index (χ0n) is 15.6. The van der Waals surface area contributed by atoms with E-state index in [1.807, 2.05) is 0 Å². The predicted molar refractivity (Wildman–Crippen MR) is 114 cm³/mol. The molecule has 0 saturated carbocycles. The Bertz CT molecular complexity index is 986. The second-order valence-corrected chi connectivity index (χ2v) is 7.22. The van der Waals surface area contributed by atoms with Gasteiger partial charge in [-0.05, 0) is 48.4 Å². The molecule has 0 radical (unpaired) electrons. The Hall–Kier alpha value is -3.33.